The Hall–Kier alpha value is -2.10. The second kappa shape index (κ2) is 8.80. The van der Waals surface area contributed by atoms with Gasteiger partial charge in [-0.15, -0.1) is 11.3 Å². The van der Waals surface area contributed by atoms with Gasteiger partial charge in [0, 0.05) is 31.0 Å². The number of carbonyl (C=O) groups is 1. The van der Waals surface area contributed by atoms with E-state index in [9.17, 15) is 13.2 Å². The van der Waals surface area contributed by atoms with Crippen molar-refractivity contribution < 1.29 is 22.7 Å². The van der Waals surface area contributed by atoms with E-state index in [1.165, 1.54) is 15.6 Å². The molecule has 0 radical (unpaired) electrons. The summed E-state index contributed by atoms with van der Waals surface area (Å²) in [5, 5.41) is 4.67. The number of ether oxygens (including phenoxy) is 2. The molecule has 0 bridgehead atoms. The first kappa shape index (κ1) is 22.1. The Morgan fingerprint density at radius 2 is 2.03 bits per heavy atom. The third kappa shape index (κ3) is 4.88. The number of carbonyl (C=O) groups excluding carboxylic acids is 1. The van der Waals surface area contributed by atoms with Crippen molar-refractivity contribution in [3.63, 3.8) is 0 Å². The Bertz CT molecular complexity index is 1030. The molecule has 0 aliphatic carbocycles. The standard InChI is InChI=1S/C22H28N2O5S2/c1-22(2)15-17-5-3-6-18(20(17)29-22)28-13-10-23-21(25)16-8-11-24(12-9-16)31(26,27)19-7-4-14-30-19/h3-7,14,16H,8-13,15H2,1-2H3,(H,23,25). The lowest BCUT2D eigenvalue weighted by Gasteiger charge is -2.30. The van der Waals surface area contributed by atoms with Gasteiger partial charge in [0.2, 0.25) is 5.91 Å². The van der Waals surface area contributed by atoms with Crippen LogP contribution in [0.15, 0.2) is 39.9 Å². The summed E-state index contributed by atoms with van der Waals surface area (Å²) in [6, 6.07) is 9.23. The van der Waals surface area contributed by atoms with Gasteiger partial charge < -0.3 is 14.8 Å². The van der Waals surface area contributed by atoms with Crippen LogP contribution in [0.4, 0.5) is 0 Å². The smallest absolute Gasteiger partial charge is 0.252 e. The molecule has 0 spiro atoms. The first-order chi connectivity index (χ1) is 14.8. The predicted molar refractivity (Wildman–Crippen MR) is 119 cm³/mol. The van der Waals surface area contributed by atoms with E-state index in [-0.39, 0.29) is 17.4 Å². The summed E-state index contributed by atoms with van der Waals surface area (Å²) >= 11 is 1.22. The summed E-state index contributed by atoms with van der Waals surface area (Å²) in [7, 11) is -3.44. The van der Waals surface area contributed by atoms with E-state index in [4.69, 9.17) is 9.47 Å². The van der Waals surface area contributed by atoms with E-state index in [0.29, 0.717) is 49.0 Å². The van der Waals surface area contributed by atoms with Gasteiger partial charge in [0.1, 0.15) is 16.4 Å². The average molecular weight is 465 g/mol. The van der Waals surface area contributed by atoms with E-state index in [0.717, 1.165) is 17.7 Å². The van der Waals surface area contributed by atoms with E-state index < -0.39 is 10.0 Å². The maximum Gasteiger partial charge on any atom is 0.252 e. The van der Waals surface area contributed by atoms with Gasteiger partial charge in [-0.1, -0.05) is 18.2 Å². The Morgan fingerprint density at radius 1 is 1.26 bits per heavy atom. The van der Waals surface area contributed by atoms with Crippen LogP contribution in [0.2, 0.25) is 0 Å². The molecule has 0 saturated carbocycles. The topological polar surface area (TPSA) is 84.9 Å². The lowest BCUT2D eigenvalue weighted by Crippen LogP contribution is -2.43. The van der Waals surface area contributed by atoms with Gasteiger partial charge in [0.15, 0.2) is 11.5 Å². The van der Waals surface area contributed by atoms with Gasteiger partial charge in [-0.05, 0) is 44.2 Å². The highest BCUT2D eigenvalue weighted by molar-refractivity contribution is 7.91. The quantitative estimate of drug-likeness (QED) is 0.637. The van der Waals surface area contributed by atoms with Crippen LogP contribution in [-0.4, -0.2) is 50.5 Å². The number of thiophene rings is 1. The van der Waals surface area contributed by atoms with Crippen molar-refractivity contribution in [2.75, 3.05) is 26.2 Å². The highest BCUT2D eigenvalue weighted by Gasteiger charge is 2.33. The molecule has 1 aromatic carbocycles. The molecule has 0 unspecified atom stereocenters. The van der Waals surface area contributed by atoms with E-state index in [2.05, 4.69) is 5.32 Å². The normalized spacial score (nSPS) is 18.9. The van der Waals surface area contributed by atoms with Crippen LogP contribution < -0.4 is 14.8 Å². The second-order valence-electron chi connectivity index (χ2n) is 8.53. The van der Waals surface area contributed by atoms with Gasteiger partial charge in [-0.25, -0.2) is 8.42 Å². The fourth-order valence-electron chi connectivity index (χ4n) is 4.08. The number of rotatable bonds is 7. The van der Waals surface area contributed by atoms with Crippen molar-refractivity contribution in [1.29, 1.82) is 0 Å². The maximum atomic E-state index is 12.6. The van der Waals surface area contributed by atoms with Crippen molar-refractivity contribution in [1.82, 2.24) is 9.62 Å². The summed E-state index contributed by atoms with van der Waals surface area (Å²) < 4.78 is 38.9. The summed E-state index contributed by atoms with van der Waals surface area (Å²) in [6.07, 6.45) is 1.88. The third-order valence-corrected chi connectivity index (χ3v) is 8.90. The van der Waals surface area contributed by atoms with E-state index >= 15 is 0 Å². The molecule has 1 N–H and O–H groups in total. The number of nitrogens with one attached hydrogen (secondary N) is 1. The lowest BCUT2D eigenvalue weighted by atomic mass is 9.97. The van der Waals surface area contributed by atoms with Crippen LogP contribution in [0.5, 0.6) is 11.5 Å². The Labute approximate surface area is 187 Å². The fourth-order valence-corrected chi connectivity index (χ4v) is 6.69. The van der Waals surface area contributed by atoms with Crippen molar-refractivity contribution in [2.24, 2.45) is 5.92 Å². The highest BCUT2D eigenvalue weighted by Crippen LogP contribution is 2.41. The van der Waals surface area contributed by atoms with Crippen LogP contribution in [0.3, 0.4) is 0 Å². The summed E-state index contributed by atoms with van der Waals surface area (Å²) in [6.45, 7) is 5.55. The zero-order valence-electron chi connectivity index (χ0n) is 17.8. The highest BCUT2D eigenvalue weighted by atomic mass is 32.2. The number of benzene rings is 1. The molecule has 2 aliphatic rings. The summed E-state index contributed by atoms with van der Waals surface area (Å²) in [4.78, 5) is 12.5. The zero-order valence-corrected chi connectivity index (χ0v) is 19.4. The van der Waals surface area contributed by atoms with Crippen molar-refractivity contribution in [3.8, 4) is 11.5 Å². The first-order valence-electron chi connectivity index (χ1n) is 10.5. The zero-order chi connectivity index (χ0) is 22.1. The average Bonchev–Trinajstić information content (AvgIpc) is 3.38. The van der Waals surface area contributed by atoms with Crippen LogP contribution in [-0.2, 0) is 21.2 Å². The molecule has 1 fully saturated rings. The van der Waals surface area contributed by atoms with Crippen molar-refractivity contribution >= 4 is 27.3 Å². The molecule has 0 atom stereocenters. The minimum absolute atomic E-state index is 0.0487. The Morgan fingerprint density at radius 3 is 2.74 bits per heavy atom. The molecule has 2 aliphatic heterocycles. The Kier molecular flexibility index (Phi) is 6.27. The summed E-state index contributed by atoms with van der Waals surface area (Å²) in [5.41, 5.74) is 0.901. The Balaban J connectivity index is 1.22. The molecule has 2 aromatic rings. The van der Waals surface area contributed by atoms with Crippen LogP contribution >= 0.6 is 11.3 Å². The first-order valence-corrected chi connectivity index (χ1v) is 12.8. The van der Waals surface area contributed by atoms with Gasteiger partial charge >= 0.3 is 0 Å². The number of hydrogen-bond acceptors (Lipinski definition) is 6. The van der Waals surface area contributed by atoms with E-state index in [1.54, 1.807) is 17.5 Å². The molecule has 9 heteroatoms. The molecule has 1 saturated heterocycles. The largest absolute Gasteiger partial charge is 0.488 e. The molecular weight excluding hydrogens is 436 g/mol. The molecule has 1 amide bonds. The van der Waals surface area contributed by atoms with Gasteiger partial charge in [0.05, 0.1) is 6.54 Å². The lowest BCUT2D eigenvalue weighted by molar-refractivity contribution is -0.126. The molecule has 168 valence electrons. The molecule has 7 nitrogen and oxygen atoms in total. The predicted octanol–water partition coefficient (Wildman–Crippen LogP) is 3.06. The number of para-hydroxylation sites is 1. The van der Waals surface area contributed by atoms with Gasteiger partial charge in [0.25, 0.3) is 10.0 Å². The number of hydrogen-bond donors (Lipinski definition) is 1. The van der Waals surface area contributed by atoms with Crippen LogP contribution in [0.25, 0.3) is 0 Å². The maximum absolute atomic E-state index is 12.6. The number of piperidine rings is 1. The summed E-state index contributed by atoms with van der Waals surface area (Å²) in [5.74, 6) is 1.26. The van der Waals surface area contributed by atoms with Gasteiger partial charge in [-0.3, -0.25) is 4.79 Å². The fraction of sp³-hybridized carbons (Fsp3) is 0.500. The number of sulfonamides is 1. The third-order valence-electron chi connectivity index (χ3n) is 5.63. The van der Waals surface area contributed by atoms with Crippen molar-refractivity contribution in [2.45, 2.75) is 42.9 Å². The van der Waals surface area contributed by atoms with Crippen LogP contribution in [0, 0.1) is 5.92 Å². The number of nitrogens with zero attached hydrogens (tertiary/aromatic N) is 1. The number of amides is 1. The van der Waals surface area contributed by atoms with Crippen molar-refractivity contribution in [3.05, 3.63) is 41.3 Å². The van der Waals surface area contributed by atoms with Gasteiger partial charge in [-0.2, -0.15) is 4.31 Å². The SMILES string of the molecule is CC1(C)Cc2cccc(OCCNC(=O)C3CCN(S(=O)(=O)c4cccs4)CC3)c2O1. The monoisotopic (exact) mass is 464 g/mol. The molecular formula is C22H28N2O5S2. The molecule has 4 rings (SSSR count). The molecule has 1 aromatic heterocycles. The van der Waals surface area contributed by atoms with E-state index in [1.807, 2.05) is 32.0 Å². The molecule has 31 heavy (non-hydrogen) atoms. The number of fused-ring (bicyclic) bond motifs is 1. The van der Waals surface area contributed by atoms with Crippen LogP contribution in [0.1, 0.15) is 32.3 Å². The second-order valence-corrected chi connectivity index (χ2v) is 11.6. The molecule has 3 heterocycles. The minimum atomic E-state index is -3.44. The minimum Gasteiger partial charge on any atom is -0.488 e.